The summed E-state index contributed by atoms with van der Waals surface area (Å²) < 4.78 is 2.25. The fourth-order valence-electron chi connectivity index (χ4n) is 2.93. The second-order valence-corrected chi connectivity index (χ2v) is 5.29. The molecule has 3 aromatic heterocycles. The van der Waals surface area contributed by atoms with E-state index in [4.69, 9.17) is 0 Å². The number of aromatic nitrogens is 4. The molecule has 0 radical (unpaired) electrons. The molecular formula is C17H16N4. The SMILES string of the molecule is CCCCn1cnc2c3cccnc3c3ncccc3c21. The van der Waals surface area contributed by atoms with Gasteiger partial charge in [0.2, 0.25) is 0 Å². The molecule has 4 aromatic rings. The van der Waals surface area contributed by atoms with Crippen LogP contribution in [-0.4, -0.2) is 19.5 Å². The molecule has 21 heavy (non-hydrogen) atoms. The highest BCUT2D eigenvalue weighted by Crippen LogP contribution is 2.31. The van der Waals surface area contributed by atoms with Crippen LogP contribution in [0.4, 0.5) is 0 Å². The molecule has 0 aliphatic carbocycles. The van der Waals surface area contributed by atoms with Crippen LogP contribution < -0.4 is 0 Å². The smallest absolute Gasteiger partial charge is 0.0987 e. The molecule has 3 heterocycles. The van der Waals surface area contributed by atoms with Gasteiger partial charge in [-0.1, -0.05) is 13.3 Å². The Morgan fingerprint density at radius 1 is 0.905 bits per heavy atom. The Hall–Kier alpha value is -2.49. The molecule has 0 fully saturated rings. The number of aryl methyl sites for hydroxylation is 1. The van der Waals surface area contributed by atoms with Crippen molar-refractivity contribution in [1.29, 1.82) is 0 Å². The summed E-state index contributed by atoms with van der Waals surface area (Å²) in [5.74, 6) is 0. The average molecular weight is 276 g/mol. The van der Waals surface area contributed by atoms with Crippen LogP contribution in [0.3, 0.4) is 0 Å². The van der Waals surface area contributed by atoms with Crippen molar-refractivity contribution in [3.63, 3.8) is 0 Å². The van der Waals surface area contributed by atoms with Crippen LogP contribution >= 0.6 is 0 Å². The lowest BCUT2D eigenvalue weighted by atomic mass is 10.1. The molecule has 0 atom stereocenters. The number of benzene rings is 1. The van der Waals surface area contributed by atoms with Gasteiger partial charge in [-0.05, 0) is 30.7 Å². The van der Waals surface area contributed by atoms with Gasteiger partial charge in [-0.3, -0.25) is 9.97 Å². The Morgan fingerprint density at radius 2 is 1.62 bits per heavy atom. The Labute approximate surface area is 122 Å². The zero-order chi connectivity index (χ0) is 14.2. The Kier molecular flexibility index (Phi) is 2.81. The van der Waals surface area contributed by atoms with Gasteiger partial charge in [0.15, 0.2) is 0 Å². The first kappa shape index (κ1) is 12.3. The highest BCUT2D eigenvalue weighted by atomic mass is 15.0. The standard InChI is InChI=1S/C17H16N4/c1-2-3-10-21-11-20-16-12-6-4-8-18-14(12)15-13(17(16)21)7-5-9-19-15/h4-9,11H,2-3,10H2,1H3. The number of pyridine rings is 2. The number of rotatable bonds is 3. The van der Waals surface area contributed by atoms with E-state index in [1.807, 2.05) is 30.9 Å². The highest BCUT2D eigenvalue weighted by molar-refractivity contribution is 6.20. The summed E-state index contributed by atoms with van der Waals surface area (Å²) in [7, 11) is 0. The van der Waals surface area contributed by atoms with E-state index >= 15 is 0 Å². The normalized spacial score (nSPS) is 11.7. The van der Waals surface area contributed by atoms with Crippen molar-refractivity contribution in [2.75, 3.05) is 0 Å². The predicted molar refractivity (Wildman–Crippen MR) is 85.2 cm³/mol. The lowest BCUT2D eigenvalue weighted by Gasteiger charge is -2.08. The van der Waals surface area contributed by atoms with Crippen LogP contribution in [0.2, 0.25) is 0 Å². The molecule has 4 heteroatoms. The van der Waals surface area contributed by atoms with Gasteiger partial charge in [0.25, 0.3) is 0 Å². The van der Waals surface area contributed by atoms with E-state index in [0.29, 0.717) is 0 Å². The maximum atomic E-state index is 4.65. The van der Waals surface area contributed by atoms with Crippen LogP contribution in [0, 0.1) is 0 Å². The molecule has 1 aromatic carbocycles. The van der Waals surface area contributed by atoms with E-state index in [-0.39, 0.29) is 0 Å². The van der Waals surface area contributed by atoms with Gasteiger partial charge in [-0.2, -0.15) is 0 Å². The van der Waals surface area contributed by atoms with E-state index < -0.39 is 0 Å². The largest absolute Gasteiger partial charge is 0.330 e. The van der Waals surface area contributed by atoms with E-state index in [0.717, 1.165) is 40.3 Å². The van der Waals surface area contributed by atoms with Crippen molar-refractivity contribution in [3.8, 4) is 0 Å². The summed E-state index contributed by atoms with van der Waals surface area (Å²) >= 11 is 0. The number of unbranched alkanes of at least 4 members (excludes halogenated alkanes) is 1. The average Bonchev–Trinajstić information content (AvgIpc) is 2.97. The molecule has 0 N–H and O–H groups in total. The van der Waals surface area contributed by atoms with Gasteiger partial charge in [0.05, 0.1) is 28.4 Å². The van der Waals surface area contributed by atoms with Crippen molar-refractivity contribution >= 4 is 32.8 Å². The van der Waals surface area contributed by atoms with E-state index in [2.05, 4.69) is 38.6 Å². The van der Waals surface area contributed by atoms with Gasteiger partial charge in [-0.25, -0.2) is 4.98 Å². The minimum absolute atomic E-state index is 0.932. The van der Waals surface area contributed by atoms with Crippen LogP contribution in [0.15, 0.2) is 43.0 Å². The predicted octanol–water partition coefficient (Wildman–Crippen LogP) is 3.93. The highest BCUT2D eigenvalue weighted by Gasteiger charge is 2.14. The zero-order valence-corrected chi connectivity index (χ0v) is 12.0. The minimum atomic E-state index is 0.932. The lowest BCUT2D eigenvalue weighted by Crippen LogP contribution is -1.97. The summed E-state index contributed by atoms with van der Waals surface area (Å²) in [6.07, 6.45) is 7.91. The van der Waals surface area contributed by atoms with Crippen molar-refractivity contribution in [2.24, 2.45) is 0 Å². The number of hydrogen-bond acceptors (Lipinski definition) is 3. The van der Waals surface area contributed by atoms with Crippen LogP contribution in [0.25, 0.3) is 32.8 Å². The van der Waals surface area contributed by atoms with Crippen LogP contribution in [0.1, 0.15) is 19.8 Å². The summed E-state index contributed by atoms with van der Waals surface area (Å²) in [6.45, 7) is 3.20. The maximum absolute atomic E-state index is 4.65. The Balaban J connectivity index is 2.19. The number of hydrogen-bond donors (Lipinski definition) is 0. The third-order valence-electron chi connectivity index (χ3n) is 3.94. The molecule has 104 valence electrons. The molecule has 0 saturated carbocycles. The molecule has 4 rings (SSSR count). The van der Waals surface area contributed by atoms with Crippen molar-refractivity contribution in [1.82, 2.24) is 19.5 Å². The summed E-state index contributed by atoms with van der Waals surface area (Å²) in [6, 6.07) is 8.13. The molecule has 4 nitrogen and oxygen atoms in total. The van der Waals surface area contributed by atoms with Crippen molar-refractivity contribution in [3.05, 3.63) is 43.0 Å². The third-order valence-corrected chi connectivity index (χ3v) is 3.94. The minimum Gasteiger partial charge on any atom is -0.330 e. The molecule has 0 spiro atoms. The first-order valence-corrected chi connectivity index (χ1v) is 7.36. The van der Waals surface area contributed by atoms with E-state index in [1.165, 1.54) is 11.9 Å². The monoisotopic (exact) mass is 276 g/mol. The van der Waals surface area contributed by atoms with Gasteiger partial charge in [0.1, 0.15) is 0 Å². The van der Waals surface area contributed by atoms with Gasteiger partial charge in [0, 0.05) is 29.7 Å². The van der Waals surface area contributed by atoms with Gasteiger partial charge < -0.3 is 4.57 Å². The van der Waals surface area contributed by atoms with E-state index in [1.54, 1.807) is 0 Å². The quantitative estimate of drug-likeness (QED) is 0.532. The van der Waals surface area contributed by atoms with E-state index in [9.17, 15) is 0 Å². The second kappa shape index (κ2) is 4.81. The number of fused-ring (bicyclic) bond motifs is 6. The third kappa shape index (κ3) is 1.79. The zero-order valence-electron chi connectivity index (χ0n) is 12.0. The van der Waals surface area contributed by atoms with Crippen molar-refractivity contribution in [2.45, 2.75) is 26.3 Å². The lowest BCUT2D eigenvalue weighted by molar-refractivity contribution is 0.646. The summed E-state index contributed by atoms with van der Waals surface area (Å²) in [4.78, 5) is 13.7. The number of imidazole rings is 1. The Morgan fingerprint density at radius 3 is 2.38 bits per heavy atom. The fraction of sp³-hybridized carbons (Fsp3) is 0.235. The topological polar surface area (TPSA) is 43.6 Å². The van der Waals surface area contributed by atoms with Crippen LogP contribution in [-0.2, 0) is 6.54 Å². The Bertz CT molecular complexity index is 939. The molecular weight excluding hydrogens is 260 g/mol. The first-order valence-electron chi connectivity index (χ1n) is 7.36. The summed E-state index contributed by atoms with van der Waals surface area (Å²) in [5, 5.41) is 2.21. The van der Waals surface area contributed by atoms with Gasteiger partial charge in [-0.15, -0.1) is 0 Å². The number of nitrogens with zero attached hydrogens (tertiary/aromatic N) is 4. The second-order valence-electron chi connectivity index (χ2n) is 5.29. The van der Waals surface area contributed by atoms with Crippen LogP contribution in [0.5, 0.6) is 0 Å². The fourth-order valence-corrected chi connectivity index (χ4v) is 2.93. The van der Waals surface area contributed by atoms with Gasteiger partial charge >= 0.3 is 0 Å². The molecule has 0 aliphatic rings. The molecule has 0 bridgehead atoms. The molecule has 0 saturated heterocycles. The molecule has 0 unspecified atom stereocenters. The summed E-state index contributed by atoms with van der Waals surface area (Å²) in [5.41, 5.74) is 4.09. The van der Waals surface area contributed by atoms with Crippen molar-refractivity contribution < 1.29 is 0 Å². The maximum Gasteiger partial charge on any atom is 0.0987 e. The molecule has 0 aliphatic heterocycles. The molecule has 0 amide bonds. The first-order chi connectivity index (χ1) is 10.4.